The first kappa shape index (κ1) is 17.9. The van der Waals surface area contributed by atoms with E-state index in [2.05, 4.69) is 6.92 Å². The second-order valence-electron chi connectivity index (χ2n) is 6.54. The van der Waals surface area contributed by atoms with Crippen molar-refractivity contribution in [2.75, 3.05) is 25.9 Å². The van der Waals surface area contributed by atoms with Gasteiger partial charge in [-0.15, -0.1) is 0 Å². The van der Waals surface area contributed by atoms with Gasteiger partial charge in [0.1, 0.15) is 0 Å². The molecule has 1 aliphatic heterocycles. The Morgan fingerprint density at radius 1 is 1.35 bits per heavy atom. The Kier molecular flexibility index (Phi) is 5.81. The molecule has 1 unspecified atom stereocenters. The molecular weight excluding hydrogens is 312 g/mol. The van der Waals surface area contributed by atoms with Crippen LogP contribution >= 0.6 is 0 Å². The van der Waals surface area contributed by atoms with Crippen molar-refractivity contribution in [1.82, 2.24) is 9.21 Å². The first-order valence-electron chi connectivity index (χ1n) is 8.05. The van der Waals surface area contributed by atoms with Crippen molar-refractivity contribution < 1.29 is 13.2 Å². The van der Waals surface area contributed by atoms with Gasteiger partial charge >= 0.3 is 0 Å². The molecule has 1 amide bonds. The lowest BCUT2D eigenvalue weighted by Gasteiger charge is -2.32. The number of amides is 1. The van der Waals surface area contributed by atoms with Crippen LogP contribution in [0.15, 0.2) is 24.3 Å². The van der Waals surface area contributed by atoms with Crippen LogP contribution in [0.25, 0.3) is 0 Å². The Morgan fingerprint density at radius 3 is 2.65 bits per heavy atom. The van der Waals surface area contributed by atoms with Crippen LogP contribution in [-0.2, 0) is 21.4 Å². The number of aryl methyl sites for hydroxylation is 1. The van der Waals surface area contributed by atoms with Gasteiger partial charge in [0.2, 0.25) is 15.9 Å². The fraction of sp³-hybridized carbons (Fsp3) is 0.588. The molecule has 0 saturated carbocycles. The van der Waals surface area contributed by atoms with E-state index in [0.717, 1.165) is 43.3 Å². The molecule has 0 aromatic heterocycles. The average molecular weight is 338 g/mol. The zero-order valence-electron chi connectivity index (χ0n) is 14.2. The summed E-state index contributed by atoms with van der Waals surface area (Å²) in [5.74, 6) is 0.381. The first-order valence-corrected chi connectivity index (χ1v) is 9.89. The monoisotopic (exact) mass is 338 g/mol. The van der Waals surface area contributed by atoms with E-state index in [-0.39, 0.29) is 19.0 Å². The maximum atomic E-state index is 12.5. The average Bonchev–Trinajstić information content (AvgIpc) is 2.47. The Morgan fingerprint density at radius 2 is 2.04 bits per heavy atom. The summed E-state index contributed by atoms with van der Waals surface area (Å²) < 4.78 is 25.4. The molecule has 6 heteroatoms. The predicted octanol–water partition coefficient (Wildman–Crippen LogP) is 2.02. The van der Waals surface area contributed by atoms with Crippen LogP contribution in [-0.4, -0.2) is 49.4 Å². The number of nitrogens with zero attached hydrogens (tertiary/aromatic N) is 2. The summed E-state index contributed by atoms with van der Waals surface area (Å²) in [5, 5.41) is 0. The highest BCUT2D eigenvalue weighted by molar-refractivity contribution is 7.88. The largest absolute Gasteiger partial charge is 0.341 e. The van der Waals surface area contributed by atoms with Gasteiger partial charge in [-0.25, -0.2) is 8.42 Å². The van der Waals surface area contributed by atoms with Gasteiger partial charge in [-0.05, 0) is 36.8 Å². The molecule has 1 aromatic carbocycles. The van der Waals surface area contributed by atoms with E-state index >= 15 is 0 Å². The Labute approximate surface area is 139 Å². The minimum absolute atomic E-state index is 0.0834. The van der Waals surface area contributed by atoms with Gasteiger partial charge in [-0.1, -0.05) is 31.2 Å². The van der Waals surface area contributed by atoms with Gasteiger partial charge in [0.15, 0.2) is 0 Å². The number of carbonyl (C=O) groups excluding carboxylic acids is 1. The minimum Gasteiger partial charge on any atom is -0.341 e. The van der Waals surface area contributed by atoms with Crippen molar-refractivity contribution in [3.05, 3.63) is 35.4 Å². The van der Waals surface area contributed by atoms with Crippen LogP contribution in [0, 0.1) is 12.8 Å². The third-order valence-electron chi connectivity index (χ3n) is 4.40. The summed E-state index contributed by atoms with van der Waals surface area (Å²) in [6.45, 7) is 5.68. The van der Waals surface area contributed by atoms with Crippen LogP contribution in [0.3, 0.4) is 0 Å². The summed E-state index contributed by atoms with van der Waals surface area (Å²) in [6.07, 6.45) is 3.28. The van der Waals surface area contributed by atoms with Gasteiger partial charge < -0.3 is 4.90 Å². The summed E-state index contributed by atoms with van der Waals surface area (Å²) in [5.41, 5.74) is 1.96. The summed E-state index contributed by atoms with van der Waals surface area (Å²) in [7, 11) is -3.44. The summed E-state index contributed by atoms with van der Waals surface area (Å²) >= 11 is 0. The van der Waals surface area contributed by atoms with Gasteiger partial charge in [-0.3, -0.25) is 4.79 Å². The lowest BCUT2D eigenvalue weighted by Crippen LogP contribution is -2.45. The third kappa shape index (κ3) is 5.04. The number of benzene rings is 1. The van der Waals surface area contributed by atoms with E-state index in [4.69, 9.17) is 0 Å². The predicted molar refractivity (Wildman–Crippen MR) is 91.4 cm³/mol. The Hall–Kier alpha value is -1.40. The van der Waals surface area contributed by atoms with E-state index in [1.165, 1.54) is 4.31 Å². The van der Waals surface area contributed by atoms with Crippen LogP contribution in [0.4, 0.5) is 0 Å². The lowest BCUT2D eigenvalue weighted by atomic mass is 10.0. The molecule has 1 saturated heterocycles. The second kappa shape index (κ2) is 7.45. The highest BCUT2D eigenvalue weighted by Crippen LogP contribution is 2.17. The number of hydrogen-bond donors (Lipinski definition) is 0. The van der Waals surface area contributed by atoms with Crippen molar-refractivity contribution in [1.29, 1.82) is 0 Å². The molecule has 1 fully saturated rings. The van der Waals surface area contributed by atoms with Crippen LogP contribution in [0.1, 0.15) is 30.9 Å². The summed E-state index contributed by atoms with van der Waals surface area (Å²) in [4.78, 5) is 14.3. The molecule has 0 bridgehead atoms. The number of rotatable bonds is 5. The molecule has 0 radical (unpaired) electrons. The van der Waals surface area contributed by atoms with E-state index in [1.807, 2.05) is 31.2 Å². The third-order valence-corrected chi connectivity index (χ3v) is 5.59. The standard InChI is InChI=1S/C17H26N2O3S/c1-14-7-6-10-18(11-14)17(20)13-19(23(3,21)22)12-16-9-5-4-8-15(16)2/h4-5,8-9,14H,6-7,10-13H2,1-3H3. The molecule has 1 aliphatic rings. The molecule has 128 valence electrons. The van der Waals surface area contributed by atoms with Crippen molar-refractivity contribution in [2.45, 2.75) is 33.2 Å². The van der Waals surface area contributed by atoms with E-state index in [1.54, 1.807) is 4.90 Å². The zero-order valence-corrected chi connectivity index (χ0v) is 15.0. The smallest absolute Gasteiger partial charge is 0.237 e. The lowest BCUT2D eigenvalue weighted by molar-refractivity contribution is -0.133. The van der Waals surface area contributed by atoms with E-state index in [9.17, 15) is 13.2 Å². The molecule has 0 aliphatic carbocycles. The topological polar surface area (TPSA) is 57.7 Å². The molecule has 1 aromatic rings. The van der Waals surface area contributed by atoms with Crippen molar-refractivity contribution >= 4 is 15.9 Å². The molecule has 2 rings (SSSR count). The van der Waals surface area contributed by atoms with Gasteiger partial charge in [0, 0.05) is 19.6 Å². The molecule has 23 heavy (non-hydrogen) atoms. The van der Waals surface area contributed by atoms with Crippen LogP contribution < -0.4 is 0 Å². The van der Waals surface area contributed by atoms with Gasteiger partial charge in [-0.2, -0.15) is 4.31 Å². The first-order chi connectivity index (χ1) is 10.8. The maximum absolute atomic E-state index is 12.5. The Balaban J connectivity index is 2.10. The number of piperidine rings is 1. The number of likely N-dealkylation sites (tertiary alicyclic amines) is 1. The zero-order chi connectivity index (χ0) is 17.0. The minimum atomic E-state index is -3.44. The van der Waals surface area contributed by atoms with Crippen molar-refractivity contribution in [3.8, 4) is 0 Å². The quantitative estimate of drug-likeness (QED) is 0.825. The normalized spacial score (nSPS) is 19.1. The molecule has 1 heterocycles. The fourth-order valence-electron chi connectivity index (χ4n) is 2.93. The highest BCUT2D eigenvalue weighted by Gasteiger charge is 2.26. The number of sulfonamides is 1. The summed E-state index contributed by atoms with van der Waals surface area (Å²) in [6, 6.07) is 7.66. The SMILES string of the molecule is Cc1ccccc1CN(CC(=O)N1CCCC(C)C1)S(C)(=O)=O. The van der Waals surface area contributed by atoms with Crippen molar-refractivity contribution in [3.63, 3.8) is 0 Å². The van der Waals surface area contributed by atoms with Crippen LogP contribution in [0.2, 0.25) is 0 Å². The fourth-order valence-corrected chi connectivity index (χ4v) is 3.65. The maximum Gasteiger partial charge on any atom is 0.237 e. The van der Waals surface area contributed by atoms with Gasteiger partial charge in [0.05, 0.1) is 12.8 Å². The molecule has 1 atom stereocenters. The van der Waals surface area contributed by atoms with Crippen LogP contribution in [0.5, 0.6) is 0 Å². The van der Waals surface area contributed by atoms with E-state index < -0.39 is 10.0 Å². The molecule has 5 nitrogen and oxygen atoms in total. The second-order valence-corrected chi connectivity index (χ2v) is 8.53. The number of hydrogen-bond acceptors (Lipinski definition) is 3. The molecule has 0 N–H and O–H groups in total. The highest BCUT2D eigenvalue weighted by atomic mass is 32.2. The van der Waals surface area contributed by atoms with Crippen molar-refractivity contribution in [2.24, 2.45) is 5.92 Å². The Bertz CT molecular complexity index is 658. The number of carbonyl (C=O) groups is 1. The van der Waals surface area contributed by atoms with E-state index in [0.29, 0.717) is 5.92 Å². The van der Waals surface area contributed by atoms with Gasteiger partial charge in [0.25, 0.3) is 0 Å². The molecule has 0 spiro atoms. The molecular formula is C17H26N2O3S.